The summed E-state index contributed by atoms with van der Waals surface area (Å²) in [7, 11) is 4.04. The van der Waals surface area contributed by atoms with Crippen LogP contribution in [0.3, 0.4) is 0 Å². The first kappa shape index (κ1) is 24.3. The van der Waals surface area contributed by atoms with Crippen LogP contribution in [0.1, 0.15) is 51.2 Å². The Morgan fingerprint density at radius 1 is 1.34 bits per heavy atom. The number of nitrogens with zero attached hydrogens (tertiary/aromatic N) is 3. The van der Waals surface area contributed by atoms with E-state index in [1.807, 2.05) is 31.8 Å². The van der Waals surface area contributed by atoms with Crippen molar-refractivity contribution in [2.75, 3.05) is 26.0 Å². The molecule has 1 aliphatic carbocycles. The minimum Gasteiger partial charge on any atom is -0.328 e. The smallest absolute Gasteiger partial charge is 0.242 e. The highest BCUT2D eigenvalue weighted by Gasteiger charge is 2.28. The van der Waals surface area contributed by atoms with Crippen LogP contribution in [0.4, 0.5) is 14.6 Å². The lowest BCUT2D eigenvalue weighted by Gasteiger charge is -2.30. The number of nitrogens with one attached hydrogen (secondary N) is 2. The summed E-state index contributed by atoms with van der Waals surface area (Å²) in [5, 5.41) is 6.34. The van der Waals surface area contributed by atoms with Gasteiger partial charge in [0, 0.05) is 24.8 Å². The van der Waals surface area contributed by atoms with Crippen molar-refractivity contribution in [2.45, 2.75) is 70.5 Å². The van der Waals surface area contributed by atoms with Crippen molar-refractivity contribution in [1.29, 1.82) is 0 Å². The third-order valence-corrected chi connectivity index (χ3v) is 6.03. The molecular formula is C24H35F2N5O. The van der Waals surface area contributed by atoms with Gasteiger partial charge in [-0.1, -0.05) is 13.3 Å². The highest BCUT2D eigenvalue weighted by Crippen LogP contribution is 2.26. The molecule has 0 fully saturated rings. The van der Waals surface area contributed by atoms with Crippen LogP contribution in [-0.4, -0.2) is 53.1 Å². The molecule has 0 saturated carbocycles. The lowest BCUT2D eigenvalue weighted by atomic mass is 9.87. The predicted molar refractivity (Wildman–Crippen MR) is 123 cm³/mol. The number of likely N-dealkylation sites (N-methyl/N-ethyl adjacent to an activating group) is 1. The van der Waals surface area contributed by atoms with Crippen LogP contribution < -0.4 is 10.6 Å². The molecule has 1 aromatic carbocycles. The fourth-order valence-corrected chi connectivity index (χ4v) is 4.58. The highest BCUT2D eigenvalue weighted by atomic mass is 19.1. The first-order valence-corrected chi connectivity index (χ1v) is 11.3. The second-order valence-corrected chi connectivity index (χ2v) is 9.68. The van der Waals surface area contributed by atoms with Gasteiger partial charge < -0.3 is 20.1 Å². The second-order valence-electron chi connectivity index (χ2n) is 9.68. The van der Waals surface area contributed by atoms with Crippen LogP contribution in [0, 0.1) is 11.6 Å². The normalized spacial score (nSPS) is 17.3. The molecule has 1 aromatic heterocycles. The van der Waals surface area contributed by atoms with E-state index < -0.39 is 17.7 Å². The summed E-state index contributed by atoms with van der Waals surface area (Å²) in [6.45, 7) is 7.10. The van der Waals surface area contributed by atoms with E-state index in [2.05, 4.69) is 34.4 Å². The Kier molecular flexibility index (Phi) is 7.67. The number of carbonyl (C=O) groups excluding carboxylic acids is 1. The van der Waals surface area contributed by atoms with E-state index in [0.29, 0.717) is 30.6 Å². The molecule has 2 atom stereocenters. The van der Waals surface area contributed by atoms with Gasteiger partial charge >= 0.3 is 0 Å². The van der Waals surface area contributed by atoms with Gasteiger partial charge in [0.15, 0.2) is 5.82 Å². The SMILES string of the molecule is CCCC(NC1CCc2cc(F)cc(F)c2C1)C(=O)Nc1cn(C(C)(C)CN(C)C)cn1. The maximum atomic E-state index is 14.3. The number of aromatic nitrogens is 2. The monoisotopic (exact) mass is 447 g/mol. The van der Waals surface area contributed by atoms with Crippen LogP contribution in [-0.2, 0) is 23.2 Å². The van der Waals surface area contributed by atoms with Gasteiger partial charge in [-0.15, -0.1) is 0 Å². The number of hydrogen-bond donors (Lipinski definition) is 2. The van der Waals surface area contributed by atoms with Crippen molar-refractivity contribution in [3.8, 4) is 0 Å². The summed E-state index contributed by atoms with van der Waals surface area (Å²) in [6, 6.07) is 1.90. The van der Waals surface area contributed by atoms with Crippen LogP contribution in [0.2, 0.25) is 0 Å². The zero-order chi connectivity index (χ0) is 23.5. The number of fused-ring (bicyclic) bond motifs is 1. The molecule has 3 rings (SSSR count). The number of carbonyl (C=O) groups is 1. The molecule has 2 unspecified atom stereocenters. The van der Waals surface area contributed by atoms with Gasteiger partial charge in [-0.25, -0.2) is 13.8 Å². The molecule has 1 heterocycles. The minimum atomic E-state index is -0.538. The number of rotatable bonds is 9. The molecular weight excluding hydrogens is 412 g/mol. The summed E-state index contributed by atoms with van der Waals surface area (Å²) in [4.78, 5) is 19.5. The number of halogens is 2. The molecule has 32 heavy (non-hydrogen) atoms. The quantitative estimate of drug-likeness (QED) is 0.615. The number of anilines is 1. The average molecular weight is 448 g/mol. The van der Waals surface area contributed by atoms with E-state index in [-0.39, 0.29) is 17.5 Å². The maximum Gasteiger partial charge on any atom is 0.242 e. The molecule has 1 amide bonds. The third kappa shape index (κ3) is 5.92. The Balaban J connectivity index is 1.65. The van der Waals surface area contributed by atoms with Crippen LogP contribution in [0.5, 0.6) is 0 Å². The molecule has 8 heteroatoms. The topological polar surface area (TPSA) is 62.2 Å². The fourth-order valence-electron chi connectivity index (χ4n) is 4.58. The van der Waals surface area contributed by atoms with Gasteiger partial charge in [0.1, 0.15) is 11.6 Å². The van der Waals surface area contributed by atoms with E-state index in [0.717, 1.165) is 31.0 Å². The van der Waals surface area contributed by atoms with Crippen LogP contribution in [0.15, 0.2) is 24.7 Å². The Hall–Kier alpha value is -2.32. The van der Waals surface area contributed by atoms with Crippen molar-refractivity contribution < 1.29 is 13.6 Å². The number of hydrogen-bond acceptors (Lipinski definition) is 4. The van der Waals surface area contributed by atoms with Crippen molar-refractivity contribution in [1.82, 2.24) is 19.8 Å². The number of amides is 1. The molecule has 2 aromatic rings. The molecule has 1 aliphatic rings. The molecule has 2 N–H and O–H groups in total. The largest absolute Gasteiger partial charge is 0.328 e. The van der Waals surface area contributed by atoms with Crippen molar-refractivity contribution in [3.63, 3.8) is 0 Å². The fraction of sp³-hybridized carbons (Fsp3) is 0.583. The van der Waals surface area contributed by atoms with Crippen molar-refractivity contribution in [3.05, 3.63) is 47.4 Å². The molecule has 0 saturated heterocycles. The molecule has 0 aliphatic heterocycles. The molecule has 0 radical (unpaired) electrons. The van der Waals surface area contributed by atoms with E-state index >= 15 is 0 Å². The summed E-state index contributed by atoms with van der Waals surface area (Å²) >= 11 is 0. The zero-order valence-corrected chi connectivity index (χ0v) is 19.7. The number of imidazole rings is 1. The van der Waals surface area contributed by atoms with Gasteiger partial charge in [-0.05, 0) is 70.8 Å². The lowest BCUT2D eigenvalue weighted by molar-refractivity contribution is -0.118. The molecule has 0 bridgehead atoms. The Labute approximate surface area is 189 Å². The third-order valence-electron chi connectivity index (χ3n) is 6.03. The van der Waals surface area contributed by atoms with Crippen LogP contribution >= 0.6 is 0 Å². The van der Waals surface area contributed by atoms with Crippen LogP contribution in [0.25, 0.3) is 0 Å². The predicted octanol–water partition coefficient (Wildman–Crippen LogP) is 3.71. The summed E-state index contributed by atoms with van der Waals surface area (Å²) in [6.07, 6.45) is 6.85. The summed E-state index contributed by atoms with van der Waals surface area (Å²) < 4.78 is 29.8. The first-order chi connectivity index (χ1) is 15.1. The summed E-state index contributed by atoms with van der Waals surface area (Å²) in [5.74, 6) is -0.675. The van der Waals surface area contributed by atoms with Gasteiger partial charge in [0.2, 0.25) is 5.91 Å². The van der Waals surface area contributed by atoms with E-state index in [1.165, 1.54) is 6.07 Å². The average Bonchev–Trinajstić information content (AvgIpc) is 3.16. The van der Waals surface area contributed by atoms with E-state index in [9.17, 15) is 13.6 Å². The number of aryl methyl sites for hydroxylation is 1. The second kappa shape index (κ2) is 10.1. The standard InChI is InChI=1S/C24H35F2N5O/c1-6-7-21(28-18-9-8-16-10-17(25)11-20(26)19(16)12-18)23(32)29-22-13-31(15-27-22)24(2,3)14-30(4)5/h10-11,13,15,18,21,28H,6-9,12,14H2,1-5H3,(H,29,32). The van der Waals surface area contributed by atoms with Crippen molar-refractivity contribution in [2.24, 2.45) is 0 Å². The molecule has 176 valence electrons. The Morgan fingerprint density at radius 2 is 2.09 bits per heavy atom. The highest BCUT2D eigenvalue weighted by molar-refractivity contribution is 5.94. The lowest BCUT2D eigenvalue weighted by Crippen LogP contribution is -2.48. The molecule has 0 spiro atoms. The summed E-state index contributed by atoms with van der Waals surface area (Å²) in [5.41, 5.74) is 1.11. The maximum absolute atomic E-state index is 14.3. The Morgan fingerprint density at radius 3 is 2.78 bits per heavy atom. The molecule has 6 nitrogen and oxygen atoms in total. The number of benzene rings is 1. The first-order valence-electron chi connectivity index (χ1n) is 11.3. The zero-order valence-electron chi connectivity index (χ0n) is 19.7. The van der Waals surface area contributed by atoms with Gasteiger partial charge in [0.05, 0.1) is 17.9 Å². The van der Waals surface area contributed by atoms with Gasteiger partial charge in [0.25, 0.3) is 0 Å². The van der Waals surface area contributed by atoms with Gasteiger partial charge in [-0.2, -0.15) is 0 Å². The van der Waals surface area contributed by atoms with E-state index in [4.69, 9.17) is 0 Å². The van der Waals surface area contributed by atoms with Crippen molar-refractivity contribution >= 4 is 11.7 Å². The minimum absolute atomic E-state index is 0.0404. The Bertz CT molecular complexity index is 940. The van der Waals surface area contributed by atoms with Gasteiger partial charge in [-0.3, -0.25) is 4.79 Å². The van der Waals surface area contributed by atoms with E-state index in [1.54, 1.807) is 6.33 Å².